The number of nitrogens with zero attached hydrogens (tertiary/aromatic N) is 4. The number of furan rings is 1. The maximum Gasteiger partial charge on any atom is 0.187 e. The number of fused-ring (bicyclic) bond motifs is 3. The first-order valence-electron chi connectivity index (χ1n) is 16.7. The van der Waals surface area contributed by atoms with Crippen molar-refractivity contribution in [3.8, 4) is 67.5 Å². The van der Waals surface area contributed by atoms with E-state index in [1.807, 2.05) is 97.1 Å². The summed E-state index contributed by atoms with van der Waals surface area (Å²) >= 11 is 0. The Balaban J connectivity index is 1.15. The van der Waals surface area contributed by atoms with E-state index in [0.29, 0.717) is 23.2 Å². The molecule has 0 fully saturated rings. The molecule has 5 nitrogen and oxygen atoms in total. The Morgan fingerprint density at radius 1 is 0.392 bits per heavy atom. The van der Waals surface area contributed by atoms with Gasteiger partial charge in [-0.15, -0.1) is 0 Å². The van der Waals surface area contributed by atoms with Gasteiger partial charge in [0.05, 0.1) is 6.57 Å². The summed E-state index contributed by atoms with van der Waals surface area (Å²) in [5.74, 6) is 1.74. The van der Waals surface area contributed by atoms with Crippen molar-refractivity contribution in [3.63, 3.8) is 0 Å². The van der Waals surface area contributed by atoms with Crippen molar-refractivity contribution in [2.75, 3.05) is 0 Å². The van der Waals surface area contributed by atoms with Gasteiger partial charge in [0.25, 0.3) is 0 Å². The van der Waals surface area contributed by atoms with Crippen molar-refractivity contribution in [2.45, 2.75) is 0 Å². The van der Waals surface area contributed by atoms with E-state index < -0.39 is 0 Å². The lowest BCUT2D eigenvalue weighted by atomic mass is 9.97. The monoisotopic (exact) mass is 652 g/mol. The lowest BCUT2D eigenvalue weighted by Gasteiger charge is -2.10. The van der Waals surface area contributed by atoms with Crippen LogP contribution in [0.1, 0.15) is 0 Å². The van der Waals surface area contributed by atoms with Gasteiger partial charge >= 0.3 is 0 Å². The van der Waals surface area contributed by atoms with Gasteiger partial charge in [0.1, 0.15) is 11.2 Å². The van der Waals surface area contributed by atoms with Gasteiger partial charge < -0.3 is 4.42 Å². The molecule has 0 aliphatic carbocycles. The van der Waals surface area contributed by atoms with Crippen molar-refractivity contribution in [1.82, 2.24) is 15.0 Å². The van der Waals surface area contributed by atoms with Crippen LogP contribution in [0.4, 0.5) is 5.69 Å². The summed E-state index contributed by atoms with van der Waals surface area (Å²) in [4.78, 5) is 18.6. The van der Waals surface area contributed by atoms with Gasteiger partial charge in [-0.3, -0.25) is 0 Å². The molecule has 9 rings (SSSR count). The summed E-state index contributed by atoms with van der Waals surface area (Å²) < 4.78 is 6.44. The van der Waals surface area contributed by atoms with Gasteiger partial charge in [-0.1, -0.05) is 133 Å². The molecule has 7 aromatic carbocycles. The first-order chi connectivity index (χ1) is 25.2. The van der Waals surface area contributed by atoms with Gasteiger partial charge in [0, 0.05) is 27.5 Å². The largest absolute Gasteiger partial charge is 0.456 e. The molecule has 0 unspecified atom stereocenters. The summed E-state index contributed by atoms with van der Waals surface area (Å²) in [6.07, 6.45) is 0. The Morgan fingerprint density at radius 2 is 0.902 bits per heavy atom. The molecule has 0 saturated carbocycles. The molecule has 2 aromatic heterocycles. The lowest BCUT2D eigenvalue weighted by Crippen LogP contribution is -2.00. The van der Waals surface area contributed by atoms with Crippen molar-refractivity contribution in [2.24, 2.45) is 0 Å². The first-order valence-corrected chi connectivity index (χ1v) is 16.7. The molecular weight excluding hydrogens is 625 g/mol. The average molecular weight is 653 g/mol. The summed E-state index contributed by atoms with van der Waals surface area (Å²) in [6, 6.07) is 57.2. The Bertz CT molecular complexity index is 2760. The van der Waals surface area contributed by atoms with E-state index in [4.69, 9.17) is 25.9 Å². The highest BCUT2D eigenvalue weighted by atomic mass is 16.3. The van der Waals surface area contributed by atoms with E-state index in [-0.39, 0.29) is 0 Å². The average Bonchev–Trinajstić information content (AvgIpc) is 3.60. The molecule has 0 bridgehead atoms. The second kappa shape index (κ2) is 12.7. The van der Waals surface area contributed by atoms with Gasteiger partial charge in [-0.25, -0.2) is 19.8 Å². The van der Waals surface area contributed by atoms with Gasteiger partial charge in [-0.2, -0.15) is 0 Å². The lowest BCUT2D eigenvalue weighted by molar-refractivity contribution is 0.669. The van der Waals surface area contributed by atoms with Crippen LogP contribution in [0, 0.1) is 6.57 Å². The molecule has 0 saturated heterocycles. The molecule has 0 atom stereocenters. The second-order valence-corrected chi connectivity index (χ2v) is 12.4. The number of hydrogen-bond donors (Lipinski definition) is 0. The van der Waals surface area contributed by atoms with Crippen LogP contribution in [0.2, 0.25) is 0 Å². The zero-order valence-corrected chi connectivity index (χ0v) is 27.4. The topological polar surface area (TPSA) is 56.2 Å². The van der Waals surface area contributed by atoms with Crippen molar-refractivity contribution in [3.05, 3.63) is 181 Å². The van der Waals surface area contributed by atoms with Crippen LogP contribution in [0.3, 0.4) is 0 Å². The number of benzene rings is 7. The Morgan fingerprint density at radius 3 is 1.57 bits per heavy atom. The van der Waals surface area contributed by atoms with Crippen LogP contribution in [0.5, 0.6) is 0 Å². The molecule has 238 valence electrons. The van der Waals surface area contributed by atoms with E-state index in [9.17, 15) is 0 Å². The highest BCUT2D eigenvalue weighted by molar-refractivity contribution is 6.13. The minimum atomic E-state index is 0.566. The van der Waals surface area contributed by atoms with Crippen LogP contribution in [0.25, 0.3) is 94.3 Å². The van der Waals surface area contributed by atoms with Gasteiger partial charge in [0.15, 0.2) is 23.2 Å². The zero-order valence-electron chi connectivity index (χ0n) is 27.4. The fraction of sp³-hybridized carbons (Fsp3) is 0. The van der Waals surface area contributed by atoms with Gasteiger partial charge in [-0.05, 0) is 69.8 Å². The predicted molar refractivity (Wildman–Crippen MR) is 206 cm³/mol. The molecule has 0 N–H and O–H groups in total. The van der Waals surface area contributed by atoms with E-state index in [0.717, 1.165) is 72.0 Å². The highest BCUT2D eigenvalue weighted by Gasteiger charge is 2.17. The minimum absolute atomic E-state index is 0.566. The predicted octanol–water partition coefficient (Wildman–Crippen LogP) is 12.3. The molecule has 5 heteroatoms. The molecule has 0 radical (unpaired) electrons. The van der Waals surface area contributed by atoms with Gasteiger partial charge in [0.2, 0.25) is 0 Å². The molecule has 0 aliphatic heterocycles. The molecule has 51 heavy (non-hydrogen) atoms. The number of aromatic nitrogens is 3. The third-order valence-corrected chi connectivity index (χ3v) is 9.13. The zero-order chi connectivity index (χ0) is 34.1. The highest BCUT2D eigenvalue weighted by Crippen LogP contribution is 2.38. The van der Waals surface area contributed by atoms with Crippen LogP contribution in [-0.2, 0) is 0 Å². The van der Waals surface area contributed by atoms with Crippen LogP contribution >= 0.6 is 0 Å². The van der Waals surface area contributed by atoms with E-state index in [1.54, 1.807) is 0 Å². The quantitative estimate of drug-likeness (QED) is 0.168. The van der Waals surface area contributed by atoms with Crippen LogP contribution < -0.4 is 0 Å². The molecule has 9 aromatic rings. The minimum Gasteiger partial charge on any atom is -0.456 e. The Kier molecular flexibility index (Phi) is 7.46. The fourth-order valence-corrected chi connectivity index (χ4v) is 6.64. The molecule has 2 heterocycles. The summed E-state index contributed by atoms with van der Waals surface area (Å²) in [5, 5.41) is 2.13. The molecule has 0 spiro atoms. The Hall–Kier alpha value is -7.16. The number of rotatable bonds is 6. The summed E-state index contributed by atoms with van der Waals surface area (Å²) in [7, 11) is 0. The number of hydrogen-bond acceptors (Lipinski definition) is 4. The van der Waals surface area contributed by atoms with E-state index in [2.05, 4.69) is 77.6 Å². The standard InChI is InChI=1S/C46H28N4O/c1-47-38-21-10-19-35(28-38)33-17-8-16-32(26-33)34-18-9-20-36(27-34)45-48-44(31-14-6-3-7-15-31)49-46(50-45)37-24-25-40-42(29-37)51-41-23-11-22-39(43(40)41)30-12-4-2-5-13-30/h2-29H. The first kappa shape index (κ1) is 29.9. The molecular formula is C46H28N4O. The van der Waals surface area contributed by atoms with Crippen LogP contribution in [0.15, 0.2) is 174 Å². The third kappa shape index (κ3) is 5.71. The van der Waals surface area contributed by atoms with Crippen molar-refractivity contribution < 1.29 is 4.42 Å². The van der Waals surface area contributed by atoms with E-state index in [1.165, 1.54) is 0 Å². The normalized spacial score (nSPS) is 11.1. The summed E-state index contributed by atoms with van der Waals surface area (Å²) in [5.41, 5.74) is 11.3. The fourth-order valence-electron chi connectivity index (χ4n) is 6.64. The van der Waals surface area contributed by atoms with E-state index >= 15 is 0 Å². The SMILES string of the molecule is [C-]#[N+]c1cccc(-c2cccc(-c3cccc(-c4nc(-c5ccccc5)nc(-c5ccc6c(c5)oc5cccc(-c7ccccc7)c56)n4)c3)c2)c1. The Labute approximate surface area is 295 Å². The maximum absolute atomic E-state index is 7.42. The maximum atomic E-state index is 7.42. The van der Waals surface area contributed by atoms with Crippen molar-refractivity contribution in [1.29, 1.82) is 0 Å². The molecule has 0 amide bonds. The smallest absolute Gasteiger partial charge is 0.187 e. The molecule has 0 aliphatic rings. The summed E-state index contributed by atoms with van der Waals surface area (Å²) in [6.45, 7) is 7.42. The second-order valence-electron chi connectivity index (χ2n) is 12.4. The third-order valence-electron chi connectivity index (χ3n) is 9.13. The van der Waals surface area contributed by atoms with Crippen LogP contribution in [-0.4, -0.2) is 15.0 Å². The van der Waals surface area contributed by atoms with Crippen molar-refractivity contribution >= 4 is 27.6 Å².